The topological polar surface area (TPSA) is 44.8 Å². The fourth-order valence-electron chi connectivity index (χ4n) is 3.18. The highest BCUT2D eigenvalue weighted by Crippen LogP contribution is 2.23. The van der Waals surface area contributed by atoms with Crippen LogP contribution < -0.4 is 5.32 Å². The first-order valence-corrected chi connectivity index (χ1v) is 8.41. The molecule has 0 aromatic heterocycles. The molecule has 122 valence electrons. The monoisotopic (exact) mass is 297 g/mol. The average Bonchev–Trinajstić information content (AvgIpc) is 2.82. The van der Waals surface area contributed by atoms with Crippen LogP contribution >= 0.6 is 0 Å². The molecule has 5 nitrogen and oxygen atoms in total. The molecular weight excluding hydrogens is 266 g/mol. The Bertz CT molecular complexity index is 342. The molecule has 2 aliphatic heterocycles. The molecule has 0 spiro atoms. The lowest BCUT2D eigenvalue weighted by Gasteiger charge is -2.32. The molecule has 2 aliphatic rings. The zero-order chi connectivity index (χ0) is 15.4. The van der Waals surface area contributed by atoms with Crippen LogP contribution in [0.4, 0.5) is 0 Å². The molecule has 0 aromatic rings. The van der Waals surface area contributed by atoms with E-state index in [9.17, 15) is 4.79 Å². The quantitative estimate of drug-likeness (QED) is 0.799. The molecule has 0 saturated carbocycles. The summed E-state index contributed by atoms with van der Waals surface area (Å²) in [5.74, 6) is 1.12. The molecule has 0 bridgehead atoms. The van der Waals surface area contributed by atoms with E-state index in [0.717, 1.165) is 45.8 Å². The SMILES string of the molecule is CCC(C)C1NC(C(C)C)N(CCN2CCOCC2)C1=O. The van der Waals surface area contributed by atoms with Crippen molar-refractivity contribution in [1.29, 1.82) is 0 Å². The van der Waals surface area contributed by atoms with Crippen LogP contribution in [0.1, 0.15) is 34.1 Å². The molecule has 21 heavy (non-hydrogen) atoms. The molecule has 1 amide bonds. The highest BCUT2D eigenvalue weighted by molar-refractivity contribution is 5.84. The Morgan fingerprint density at radius 1 is 1.24 bits per heavy atom. The number of hydrogen-bond donors (Lipinski definition) is 1. The number of nitrogens with zero attached hydrogens (tertiary/aromatic N) is 2. The van der Waals surface area contributed by atoms with Crippen molar-refractivity contribution < 1.29 is 9.53 Å². The van der Waals surface area contributed by atoms with E-state index in [0.29, 0.717) is 11.8 Å². The lowest BCUT2D eigenvalue weighted by atomic mass is 9.99. The van der Waals surface area contributed by atoms with Gasteiger partial charge in [0.15, 0.2) is 0 Å². The molecule has 2 fully saturated rings. The Balaban J connectivity index is 1.95. The summed E-state index contributed by atoms with van der Waals surface area (Å²) in [5, 5.41) is 3.56. The molecular formula is C16H31N3O2. The molecule has 3 atom stereocenters. The molecule has 0 aliphatic carbocycles. The number of carbonyl (C=O) groups excluding carboxylic acids is 1. The second kappa shape index (κ2) is 7.56. The molecule has 0 radical (unpaired) electrons. The molecule has 5 heteroatoms. The normalized spacial score (nSPS) is 29.4. The summed E-state index contributed by atoms with van der Waals surface area (Å²) in [4.78, 5) is 17.2. The van der Waals surface area contributed by atoms with Crippen molar-refractivity contribution >= 4 is 5.91 Å². The predicted octanol–water partition coefficient (Wildman–Crippen LogP) is 1.15. The first-order valence-electron chi connectivity index (χ1n) is 8.41. The van der Waals surface area contributed by atoms with Crippen molar-refractivity contribution in [3.8, 4) is 0 Å². The number of morpholine rings is 1. The van der Waals surface area contributed by atoms with Crippen molar-refractivity contribution in [2.24, 2.45) is 11.8 Å². The fourth-order valence-corrected chi connectivity index (χ4v) is 3.18. The number of nitrogens with one attached hydrogen (secondary N) is 1. The van der Waals surface area contributed by atoms with Crippen molar-refractivity contribution in [2.45, 2.75) is 46.3 Å². The zero-order valence-corrected chi connectivity index (χ0v) is 14.0. The Kier molecular flexibility index (Phi) is 6.02. The Labute approximate surface area is 129 Å². The van der Waals surface area contributed by atoms with Gasteiger partial charge in [-0.1, -0.05) is 34.1 Å². The third kappa shape index (κ3) is 3.96. The van der Waals surface area contributed by atoms with E-state index in [1.54, 1.807) is 0 Å². The summed E-state index contributed by atoms with van der Waals surface area (Å²) in [6, 6.07) is -0.00732. The van der Waals surface area contributed by atoms with Gasteiger partial charge in [0.1, 0.15) is 0 Å². The number of hydrogen-bond acceptors (Lipinski definition) is 4. The summed E-state index contributed by atoms with van der Waals surface area (Å²) in [6.45, 7) is 14.1. The average molecular weight is 297 g/mol. The molecule has 2 heterocycles. The minimum absolute atomic E-state index is 0.00732. The minimum atomic E-state index is -0.00732. The standard InChI is InChI=1S/C16H31N3O2/c1-5-13(4)14-16(20)19(15(17-14)12(2)3)7-6-18-8-10-21-11-9-18/h12-15,17H,5-11H2,1-4H3. The first-order chi connectivity index (χ1) is 10.0. The predicted molar refractivity (Wildman–Crippen MR) is 84.0 cm³/mol. The summed E-state index contributed by atoms with van der Waals surface area (Å²) >= 11 is 0. The number of carbonyl (C=O) groups is 1. The van der Waals surface area contributed by atoms with Gasteiger partial charge in [0.05, 0.1) is 25.4 Å². The van der Waals surface area contributed by atoms with Crippen LogP contribution in [0.5, 0.6) is 0 Å². The van der Waals surface area contributed by atoms with Gasteiger partial charge in [-0.2, -0.15) is 0 Å². The molecule has 3 unspecified atom stereocenters. The van der Waals surface area contributed by atoms with Crippen LogP contribution in [-0.4, -0.2) is 67.3 Å². The van der Waals surface area contributed by atoms with E-state index in [1.807, 2.05) is 0 Å². The third-order valence-electron chi connectivity index (χ3n) is 4.84. The van der Waals surface area contributed by atoms with Crippen LogP contribution in [0.15, 0.2) is 0 Å². The zero-order valence-electron chi connectivity index (χ0n) is 14.0. The first kappa shape index (κ1) is 16.7. The summed E-state index contributed by atoms with van der Waals surface area (Å²) in [6.07, 6.45) is 1.21. The van der Waals surface area contributed by atoms with Crippen LogP contribution in [0.2, 0.25) is 0 Å². The van der Waals surface area contributed by atoms with Gasteiger partial charge in [-0.25, -0.2) is 0 Å². The number of rotatable bonds is 6. The summed E-state index contributed by atoms with van der Waals surface area (Å²) in [7, 11) is 0. The lowest BCUT2D eigenvalue weighted by Crippen LogP contribution is -2.47. The van der Waals surface area contributed by atoms with Crippen molar-refractivity contribution in [3.63, 3.8) is 0 Å². The summed E-state index contributed by atoms with van der Waals surface area (Å²) in [5.41, 5.74) is 0. The maximum Gasteiger partial charge on any atom is 0.241 e. The maximum atomic E-state index is 12.7. The van der Waals surface area contributed by atoms with Crippen LogP contribution in [0, 0.1) is 11.8 Å². The molecule has 0 aromatic carbocycles. The highest BCUT2D eigenvalue weighted by Gasteiger charge is 2.41. The van der Waals surface area contributed by atoms with Gasteiger partial charge in [-0.3, -0.25) is 15.0 Å². The Morgan fingerprint density at radius 3 is 2.48 bits per heavy atom. The van der Waals surface area contributed by atoms with E-state index in [2.05, 4.69) is 42.8 Å². The van der Waals surface area contributed by atoms with Gasteiger partial charge in [0.25, 0.3) is 0 Å². The number of ether oxygens (including phenoxy) is 1. The van der Waals surface area contributed by atoms with E-state index in [1.165, 1.54) is 0 Å². The van der Waals surface area contributed by atoms with E-state index in [-0.39, 0.29) is 18.1 Å². The van der Waals surface area contributed by atoms with Crippen molar-refractivity contribution in [2.75, 3.05) is 39.4 Å². The van der Waals surface area contributed by atoms with E-state index >= 15 is 0 Å². The smallest absolute Gasteiger partial charge is 0.241 e. The van der Waals surface area contributed by atoms with Crippen LogP contribution in [-0.2, 0) is 9.53 Å². The Morgan fingerprint density at radius 2 is 1.90 bits per heavy atom. The van der Waals surface area contributed by atoms with Gasteiger partial charge in [0.2, 0.25) is 5.91 Å². The van der Waals surface area contributed by atoms with Gasteiger partial charge in [0, 0.05) is 26.2 Å². The minimum Gasteiger partial charge on any atom is -0.379 e. The third-order valence-corrected chi connectivity index (χ3v) is 4.84. The molecule has 2 saturated heterocycles. The Hall–Kier alpha value is -0.650. The number of amides is 1. The van der Waals surface area contributed by atoms with E-state index < -0.39 is 0 Å². The van der Waals surface area contributed by atoms with Gasteiger partial charge < -0.3 is 9.64 Å². The van der Waals surface area contributed by atoms with E-state index in [4.69, 9.17) is 4.74 Å². The lowest BCUT2D eigenvalue weighted by molar-refractivity contribution is -0.131. The van der Waals surface area contributed by atoms with Crippen molar-refractivity contribution in [1.82, 2.24) is 15.1 Å². The largest absolute Gasteiger partial charge is 0.379 e. The fraction of sp³-hybridized carbons (Fsp3) is 0.938. The molecule has 1 N–H and O–H groups in total. The molecule has 2 rings (SSSR count). The summed E-state index contributed by atoms with van der Waals surface area (Å²) < 4.78 is 5.38. The van der Waals surface area contributed by atoms with Crippen molar-refractivity contribution in [3.05, 3.63) is 0 Å². The maximum absolute atomic E-state index is 12.7. The van der Waals surface area contributed by atoms with Gasteiger partial charge in [-0.05, 0) is 11.8 Å². The second-order valence-electron chi connectivity index (χ2n) is 6.70. The van der Waals surface area contributed by atoms with Gasteiger partial charge in [-0.15, -0.1) is 0 Å². The van der Waals surface area contributed by atoms with Crippen LogP contribution in [0.3, 0.4) is 0 Å². The second-order valence-corrected chi connectivity index (χ2v) is 6.70. The van der Waals surface area contributed by atoms with Crippen LogP contribution in [0.25, 0.3) is 0 Å². The highest BCUT2D eigenvalue weighted by atomic mass is 16.5. The van der Waals surface area contributed by atoms with Gasteiger partial charge >= 0.3 is 0 Å².